The van der Waals surface area contributed by atoms with Gasteiger partial charge in [0.15, 0.2) is 0 Å². The first-order chi connectivity index (χ1) is 9.61. The molecule has 0 saturated heterocycles. The molecule has 5 heteroatoms. The zero-order valence-electron chi connectivity index (χ0n) is 11.6. The van der Waals surface area contributed by atoms with E-state index in [0.717, 1.165) is 0 Å². The second-order valence-corrected chi connectivity index (χ2v) is 7.18. The summed E-state index contributed by atoms with van der Waals surface area (Å²) in [4.78, 5) is 0. The molecule has 0 amide bonds. The molecule has 20 heavy (non-hydrogen) atoms. The third kappa shape index (κ3) is 4.28. The molecule has 1 fully saturated rings. The van der Waals surface area contributed by atoms with E-state index in [2.05, 4.69) is 11.6 Å². The Labute approximate surface area is 135 Å². The fourth-order valence-corrected chi connectivity index (χ4v) is 4.14. The van der Waals surface area contributed by atoms with Crippen molar-refractivity contribution < 1.29 is 5.11 Å². The fourth-order valence-electron chi connectivity index (χ4n) is 2.76. The number of halogens is 2. The monoisotopic (exact) mass is 333 g/mol. The summed E-state index contributed by atoms with van der Waals surface area (Å²) in [6.07, 6.45) is 6.56. The highest BCUT2D eigenvalue weighted by Gasteiger charge is 2.24. The third-order valence-corrected chi connectivity index (χ3v) is 5.64. The summed E-state index contributed by atoms with van der Waals surface area (Å²) in [6.45, 7) is 0.516. The van der Waals surface area contributed by atoms with Crippen LogP contribution >= 0.6 is 35.0 Å². The van der Waals surface area contributed by atoms with Crippen LogP contribution in [0.15, 0.2) is 18.2 Å². The number of thioether (sulfide) groups is 1. The van der Waals surface area contributed by atoms with Gasteiger partial charge in [-0.2, -0.15) is 11.8 Å². The molecule has 2 rings (SSSR count). The minimum atomic E-state index is -0.620. The summed E-state index contributed by atoms with van der Waals surface area (Å²) in [6, 6.07) is 5.68. The molecule has 1 aliphatic rings. The van der Waals surface area contributed by atoms with Gasteiger partial charge in [-0.25, -0.2) is 0 Å². The smallest absolute Gasteiger partial charge is 0.0929 e. The molecule has 2 nitrogen and oxygen atoms in total. The van der Waals surface area contributed by atoms with E-state index in [4.69, 9.17) is 23.2 Å². The number of aliphatic hydroxyl groups is 1. The van der Waals surface area contributed by atoms with Crippen LogP contribution in [0.5, 0.6) is 0 Å². The standard InChI is InChI=1S/C15H21Cl2NOS/c1-20-15-5-3-2-4-13(15)18-9-14(19)11-8-10(16)6-7-12(11)17/h6-8,13-15,18-19H,2-5,9H2,1H3. The van der Waals surface area contributed by atoms with E-state index in [1.54, 1.807) is 18.2 Å². The molecule has 112 valence electrons. The predicted molar refractivity (Wildman–Crippen MR) is 89.0 cm³/mol. The highest BCUT2D eigenvalue weighted by molar-refractivity contribution is 7.99. The largest absolute Gasteiger partial charge is 0.387 e. The van der Waals surface area contributed by atoms with Gasteiger partial charge in [0.05, 0.1) is 6.10 Å². The fraction of sp³-hybridized carbons (Fsp3) is 0.600. The highest BCUT2D eigenvalue weighted by atomic mass is 35.5. The quantitative estimate of drug-likeness (QED) is 0.842. The summed E-state index contributed by atoms with van der Waals surface area (Å²) < 4.78 is 0. The van der Waals surface area contributed by atoms with E-state index in [-0.39, 0.29) is 0 Å². The van der Waals surface area contributed by atoms with E-state index in [9.17, 15) is 5.11 Å². The van der Waals surface area contributed by atoms with Gasteiger partial charge < -0.3 is 10.4 Å². The van der Waals surface area contributed by atoms with E-state index < -0.39 is 6.10 Å². The molecule has 0 spiro atoms. The summed E-state index contributed by atoms with van der Waals surface area (Å²) in [5, 5.41) is 15.6. The first-order valence-electron chi connectivity index (χ1n) is 7.01. The molecule has 1 aromatic rings. The van der Waals surface area contributed by atoms with Crippen molar-refractivity contribution >= 4 is 35.0 Å². The number of rotatable bonds is 5. The number of benzene rings is 1. The lowest BCUT2D eigenvalue weighted by molar-refractivity contribution is 0.166. The van der Waals surface area contributed by atoms with Crippen LogP contribution in [-0.4, -0.2) is 29.2 Å². The van der Waals surface area contributed by atoms with Crippen molar-refractivity contribution in [1.29, 1.82) is 0 Å². The second-order valence-electron chi connectivity index (χ2n) is 5.25. The predicted octanol–water partition coefficient (Wildman–Crippen LogP) is 4.29. The van der Waals surface area contributed by atoms with Crippen LogP contribution in [0, 0.1) is 0 Å². The lowest BCUT2D eigenvalue weighted by Gasteiger charge is -2.32. The molecule has 0 aliphatic heterocycles. The number of hydrogen-bond donors (Lipinski definition) is 2. The summed E-state index contributed by atoms with van der Waals surface area (Å²) in [7, 11) is 0. The third-order valence-electron chi connectivity index (χ3n) is 3.90. The summed E-state index contributed by atoms with van der Waals surface area (Å²) in [5.74, 6) is 0. The molecule has 1 aliphatic carbocycles. The molecule has 0 heterocycles. The average Bonchev–Trinajstić information content (AvgIpc) is 2.47. The van der Waals surface area contributed by atoms with Crippen LogP contribution in [0.1, 0.15) is 37.4 Å². The molecule has 0 radical (unpaired) electrons. The van der Waals surface area contributed by atoms with Crippen LogP contribution in [0.2, 0.25) is 10.0 Å². The Kier molecular flexibility index (Phi) is 6.50. The van der Waals surface area contributed by atoms with Crippen molar-refractivity contribution in [3.8, 4) is 0 Å². The second kappa shape index (κ2) is 7.90. The Hall–Kier alpha value is 0.0700. The topological polar surface area (TPSA) is 32.3 Å². The minimum Gasteiger partial charge on any atom is -0.387 e. The van der Waals surface area contributed by atoms with Crippen molar-refractivity contribution in [3.63, 3.8) is 0 Å². The van der Waals surface area contributed by atoms with Crippen molar-refractivity contribution in [2.75, 3.05) is 12.8 Å². The van der Waals surface area contributed by atoms with Crippen LogP contribution in [0.4, 0.5) is 0 Å². The zero-order chi connectivity index (χ0) is 14.5. The van der Waals surface area contributed by atoms with Crippen LogP contribution in [0.3, 0.4) is 0 Å². The van der Waals surface area contributed by atoms with Gasteiger partial charge in [0.2, 0.25) is 0 Å². The molecule has 3 unspecified atom stereocenters. The van der Waals surface area contributed by atoms with Crippen molar-refractivity contribution in [3.05, 3.63) is 33.8 Å². The van der Waals surface area contributed by atoms with E-state index in [1.165, 1.54) is 25.7 Å². The maximum absolute atomic E-state index is 10.3. The van der Waals surface area contributed by atoms with Gasteiger partial charge in [-0.3, -0.25) is 0 Å². The van der Waals surface area contributed by atoms with Gasteiger partial charge in [0.1, 0.15) is 0 Å². The lowest BCUT2D eigenvalue weighted by Crippen LogP contribution is -2.42. The SMILES string of the molecule is CSC1CCCCC1NCC(O)c1cc(Cl)ccc1Cl. The van der Waals surface area contributed by atoms with Gasteiger partial charge in [-0.05, 0) is 37.3 Å². The first-order valence-corrected chi connectivity index (χ1v) is 9.05. The van der Waals surface area contributed by atoms with Gasteiger partial charge in [-0.1, -0.05) is 36.0 Å². The van der Waals surface area contributed by atoms with Gasteiger partial charge in [-0.15, -0.1) is 0 Å². The molecule has 0 bridgehead atoms. The van der Waals surface area contributed by atoms with Crippen molar-refractivity contribution in [2.45, 2.75) is 43.1 Å². The van der Waals surface area contributed by atoms with Crippen LogP contribution in [-0.2, 0) is 0 Å². The molecule has 0 aromatic heterocycles. The normalized spacial score (nSPS) is 24.6. The maximum Gasteiger partial charge on any atom is 0.0929 e. The van der Waals surface area contributed by atoms with Gasteiger partial charge >= 0.3 is 0 Å². The van der Waals surface area contributed by atoms with Gasteiger partial charge in [0.25, 0.3) is 0 Å². The minimum absolute atomic E-state index is 0.478. The molecule has 2 N–H and O–H groups in total. The summed E-state index contributed by atoms with van der Waals surface area (Å²) >= 11 is 14.0. The number of hydrogen-bond acceptors (Lipinski definition) is 3. The molecule has 3 atom stereocenters. The van der Waals surface area contributed by atoms with Crippen LogP contribution < -0.4 is 5.32 Å². The molecule has 1 saturated carbocycles. The van der Waals surface area contributed by atoms with Crippen LogP contribution in [0.25, 0.3) is 0 Å². The summed E-state index contributed by atoms with van der Waals surface area (Å²) in [5.41, 5.74) is 0.697. The van der Waals surface area contributed by atoms with E-state index in [1.807, 2.05) is 11.8 Å². The van der Waals surface area contributed by atoms with Crippen molar-refractivity contribution in [2.24, 2.45) is 0 Å². The van der Waals surface area contributed by atoms with E-state index in [0.29, 0.717) is 33.4 Å². The maximum atomic E-state index is 10.3. The van der Waals surface area contributed by atoms with Crippen molar-refractivity contribution in [1.82, 2.24) is 5.32 Å². The molecular weight excluding hydrogens is 313 g/mol. The molecular formula is C15H21Cl2NOS. The van der Waals surface area contributed by atoms with E-state index >= 15 is 0 Å². The first kappa shape index (κ1) is 16.4. The van der Waals surface area contributed by atoms with Gasteiger partial charge in [0, 0.05) is 33.4 Å². The number of aliphatic hydroxyl groups excluding tert-OH is 1. The Morgan fingerprint density at radius 3 is 2.85 bits per heavy atom. The number of nitrogens with one attached hydrogen (secondary N) is 1. The lowest BCUT2D eigenvalue weighted by atomic mass is 9.94. The average molecular weight is 334 g/mol. The Balaban J connectivity index is 1.94. The zero-order valence-corrected chi connectivity index (χ0v) is 13.9. The highest BCUT2D eigenvalue weighted by Crippen LogP contribution is 2.29. The Bertz CT molecular complexity index is 444. The Morgan fingerprint density at radius 2 is 2.10 bits per heavy atom. The Morgan fingerprint density at radius 1 is 1.35 bits per heavy atom. The molecule has 1 aromatic carbocycles.